The van der Waals surface area contributed by atoms with E-state index in [9.17, 15) is 14.4 Å². The van der Waals surface area contributed by atoms with E-state index in [1.54, 1.807) is 23.1 Å². The monoisotopic (exact) mass is 458 g/mol. The highest BCUT2D eigenvalue weighted by atomic mass is 35.5. The lowest BCUT2D eigenvalue weighted by atomic mass is 10.1. The normalized spacial score (nSPS) is 25.0. The number of carbonyl (C=O) groups excluding carboxylic acids is 3. The van der Waals surface area contributed by atoms with E-state index in [-0.39, 0.29) is 30.4 Å². The van der Waals surface area contributed by atoms with Gasteiger partial charge in [0.15, 0.2) is 0 Å². The molecule has 31 heavy (non-hydrogen) atoms. The van der Waals surface area contributed by atoms with E-state index in [4.69, 9.17) is 23.2 Å². The van der Waals surface area contributed by atoms with Crippen molar-refractivity contribution < 1.29 is 14.4 Å². The number of piperazine rings is 1. The molecule has 3 fully saturated rings. The summed E-state index contributed by atoms with van der Waals surface area (Å²) in [5, 5.41) is 3.39. The molecule has 2 saturated heterocycles. The van der Waals surface area contributed by atoms with Gasteiger partial charge in [-0.15, -0.1) is 0 Å². The smallest absolute Gasteiger partial charge is 0.320 e. The summed E-state index contributed by atoms with van der Waals surface area (Å²) >= 11 is 12.3. The Balaban J connectivity index is 1.28. The minimum Gasteiger partial charge on any atom is -0.320 e. The largest absolute Gasteiger partial charge is 0.327 e. The Hall–Kier alpha value is -2.77. The molecule has 3 atom stereocenters. The van der Waals surface area contributed by atoms with Crippen molar-refractivity contribution in [3.63, 3.8) is 0 Å². The maximum atomic E-state index is 13.1. The highest BCUT2D eigenvalue weighted by Crippen LogP contribution is 2.46. The second-order valence-corrected chi connectivity index (χ2v) is 8.81. The number of anilines is 1. The second-order valence-electron chi connectivity index (χ2n) is 7.99. The summed E-state index contributed by atoms with van der Waals surface area (Å²) in [4.78, 5) is 43.3. The summed E-state index contributed by atoms with van der Waals surface area (Å²) < 4.78 is 0. The standard InChI is InChI=1S/C22H20Cl2N4O3/c23-15-7-4-8-16(24)19(15)25-21(30)26-9-10-27-18(12-26)20(29)28(22(27)31)17-11-14(17)13-5-2-1-3-6-13/h1-8,14,17-18H,9-12H2,(H,25,30)/t14-,17+,18?/m0/s1. The van der Waals surface area contributed by atoms with Crippen LogP contribution in [-0.4, -0.2) is 64.4 Å². The van der Waals surface area contributed by atoms with Gasteiger partial charge in [-0.05, 0) is 24.1 Å². The van der Waals surface area contributed by atoms with Gasteiger partial charge in [0.1, 0.15) is 6.04 Å². The molecule has 0 spiro atoms. The maximum absolute atomic E-state index is 13.1. The van der Waals surface area contributed by atoms with Gasteiger partial charge in [-0.3, -0.25) is 9.69 Å². The quantitative estimate of drug-likeness (QED) is 0.705. The fourth-order valence-electron chi connectivity index (χ4n) is 4.43. The number of carbonyl (C=O) groups is 3. The van der Waals surface area contributed by atoms with Crippen molar-refractivity contribution in [2.45, 2.75) is 24.4 Å². The van der Waals surface area contributed by atoms with Crippen LogP contribution in [0.4, 0.5) is 15.3 Å². The Morgan fingerprint density at radius 3 is 2.39 bits per heavy atom. The van der Waals surface area contributed by atoms with Crippen molar-refractivity contribution in [3.05, 3.63) is 64.1 Å². The van der Waals surface area contributed by atoms with Gasteiger partial charge < -0.3 is 15.1 Å². The van der Waals surface area contributed by atoms with Crippen LogP contribution in [0, 0.1) is 0 Å². The number of benzene rings is 2. The predicted molar refractivity (Wildman–Crippen MR) is 117 cm³/mol. The molecule has 1 saturated carbocycles. The number of hydrogen-bond acceptors (Lipinski definition) is 3. The lowest BCUT2D eigenvalue weighted by Crippen LogP contribution is -2.55. The van der Waals surface area contributed by atoms with Gasteiger partial charge in [0.2, 0.25) is 0 Å². The van der Waals surface area contributed by atoms with E-state index in [0.29, 0.717) is 28.8 Å². The zero-order valence-corrected chi connectivity index (χ0v) is 18.0. The van der Waals surface area contributed by atoms with Crippen LogP contribution in [0.1, 0.15) is 17.9 Å². The second kappa shape index (κ2) is 7.73. The van der Waals surface area contributed by atoms with Crippen molar-refractivity contribution in [1.82, 2.24) is 14.7 Å². The Bertz CT molecular complexity index is 1040. The molecule has 2 aromatic carbocycles. The number of urea groups is 2. The average Bonchev–Trinajstić information content (AvgIpc) is 3.52. The molecule has 2 heterocycles. The molecule has 2 aliphatic heterocycles. The highest BCUT2D eigenvalue weighted by Gasteiger charge is 2.56. The van der Waals surface area contributed by atoms with E-state index in [1.165, 1.54) is 9.80 Å². The van der Waals surface area contributed by atoms with Gasteiger partial charge in [-0.2, -0.15) is 0 Å². The molecule has 5 amide bonds. The summed E-state index contributed by atoms with van der Waals surface area (Å²) in [5.74, 6) is -0.0565. The number of hydrogen-bond donors (Lipinski definition) is 1. The first kappa shape index (κ1) is 20.2. The van der Waals surface area contributed by atoms with E-state index in [0.717, 1.165) is 12.0 Å². The third-order valence-corrected chi connectivity index (χ3v) is 6.78. The van der Waals surface area contributed by atoms with Crippen molar-refractivity contribution >= 4 is 46.9 Å². The van der Waals surface area contributed by atoms with Crippen LogP contribution in [0.3, 0.4) is 0 Å². The van der Waals surface area contributed by atoms with Gasteiger partial charge in [-0.1, -0.05) is 59.6 Å². The summed E-state index contributed by atoms with van der Waals surface area (Å²) in [7, 11) is 0. The molecule has 3 aliphatic rings. The Morgan fingerprint density at radius 1 is 0.968 bits per heavy atom. The first-order valence-corrected chi connectivity index (χ1v) is 10.9. The van der Waals surface area contributed by atoms with Gasteiger partial charge in [0.25, 0.3) is 5.91 Å². The molecule has 0 bridgehead atoms. The van der Waals surface area contributed by atoms with E-state index < -0.39 is 12.1 Å². The molecule has 0 aromatic heterocycles. The fraction of sp³-hybridized carbons (Fsp3) is 0.318. The molecule has 9 heteroatoms. The van der Waals surface area contributed by atoms with Crippen LogP contribution in [0.5, 0.6) is 0 Å². The van der Waals surface area contributed by atoms with Gasteiger partial charge in [0, 0.05) is 25.0 Å². The van der Waals surface area contributed by atoms with Crippen LogP contribution in [0.2, 0.25) is 10.0 Å². The summed E-state index contributed by atoms with van der Waals surface area (Å²) in [5.41, 5.74) is 1.47. The molecule has 1 unspecified atom stereocenters. The topological polar surface area (TPSA) is 73.0 Å². The van der Waals surface area contributed by atoms with Crippen molar-refractivity contribution in [3.8, 4) is 0 Å². The molecular formula is C22H20Cl2N4O3. The average molecular weight is 459 g/mol. The maximum Gasteiger partial charge on any atom is 0.327 e. The van der Waals surface area contributed by atoms with Crippen LogP contribution in [-0.2, 0) is 4.79 Å². The molecule has 2 aromatic rings. The van der Waals surface area contributed by atoms with Crippen LogP contribution in [0.15, 0.2) is 48.5 Å². The Kier molecular flexibility index (Phi) is 5.02. The third kappa shape index (κ3) is 3.51. The Labute approximate surface area is 189 Å². The fourth-order valence-corrected chi connectivity index (χ4v) is 4.93. The molecule has 1 N–H and O–H groups in total. The number of rotatable bonds is 3. The summed E-state index contributed by atoms with van der Waals surface area (Å²) in [6.45, 7) is 0.764. The summed E-state index contributed by atoms with van der Waals surface area (Å²) in [6.07, 6.45) is 0.775. The van der Waals surface area contributed by atoms with Gasteiger partial charge in [-0.25, -0.2) is 9.59 Å². The molecule has 5 rings (SSSR count). The van der Waals surface area contributed by atoms with Crippen LogP contribution in [0.25, 0.3) is 0 Å². The van der Waals surface area contributed by atoms with Crippen molar-refractivity contribution in [2.24, 2.45) is 0 Å². The first-order chi connectivity index (χ1) is 15.0. The summed E-state index contributed by atoms with van der Waals surface area (Å²) in [6, 6.07) is 13.4. The lowest BCUT2D eigenvalue weighted by molar-refractivity contribution is -0.129. The molecule has 0 radical (unpaired) electrons. The number of halogens is 2. The molecular weight excluding hydrogens is 439 g/mol. The number of amides is 5. The van der Waals surface area contributed by atoms with E-state index in [2.05, 4.69) is 5.32 Å². The van der Waals surface area contributed by atoms with Crippen molar-refractivity contribution in [1.29, 1.82) is 0 Å². The van der Waals surface area contributed by atoms with Crippen LogP contribution < -0.4 is 5.32 Å². The van der Waals surface area contributed by atoms with Gasteiger partial charge in [0.05, 0.1) is 22.3 Å². The zero-order valence-electron chi connectivity index (χ0n) is 16.5. The SMILES string of the molecule is O=C(Nc1c(Cl)cccc1Cl)N1CCN2C(=O)N([C@@H]3C[C@H]3c3ccccc3)C(=O)C2C1. The van der Waals surface area contributed by atoms with Gasteiger partial charge >= 0.3 is 12.1 Å². The number of imide groups is 1. The number of nitrogens with zero attached hydrogens (tertiary/aromatic N) is 3. The predicted octanol–water partition coefficient (Wildman–Crippen LogP) is 4.03. The number of fused-ring (bicyclic) bond motifs is 1. The third-order valence-electron chi connectivity index (χ3n) is 6.15. The molecule has 7 nitrogen and oxygen atoms in total. The molecule has 160 valence electrons. The highest BCUT2D eigenvalue weighted by molar-refractivity contribution is 6.39. The van der Waals surface area contributed by atoms with Crippen molar-refractivity contribution in [2.75, 3.05) is 25.0 Å². The Morgan fingerprint density at radius 2 is 1.68 bits per heavy atom. The number of para-hydroxylation sites is 1. The van der Waals surface area contributed by atoms with E-state index in [1.807, 2.05) is 30.3 Å². The minimum atomic E-state index is -0.661. The lowest BCUT2D eigenvalue weighted by Gasteiger charge is -2.35. The van der Waals surface area contributed by atoms with E-state index >= 15 is 0 Å². The van der Waals surface area contributed by atoms with Crippen LogP contribution >= 0.6 is 23.2 Å². The molecule has 1 aliphatic carbocycles. The zero-order chi connectivity index (χ0) is 21.7. The minimum absolute atomic E-state index is 0.114. The number of nitrogens with one attached hydrogen (secondary N) is 1. The first-order valence-electron chi connectivity index (χ1n) is 10.1.